The minimum absolute atomic E-state index is 0.0953. The SMILES string of the molecule is Cc1nc2ccccc2n1CCNC(=O)[C@H](N)C(C)C. The maximum Gasteiger partial charge on any atom is 0.237 e. The third-order valence-corrected chi connectivity index (χ3v) is 3.50. The molecule has 0 radical (unpaired) electrons. The second kappa shape index (κ2) is 6.05. The first kappa shape index (κ1) is 14.5. The van der Waals surface area contributed by atoms with Crippen molar-refractivity contribution in [1.29, 1.82) is 0 Å². The van der Waals surface area contributed by atoms with Crippen LogP contribution in [-0.4, -0.2) is 28.0 Å². The molecule has 0 saturated carbocycles. The minimum atomic E-state index is -0.448. The second-order valence-corrected chi connectivity index (χ2v) is 5.36. The fourth-order valence-electron chi connectivity index (χ4n) is 2.19. The fraction of sp³-hybridized carbons (Fsp3) is 0.467. The Labute approximate surface area is 119 Å². The van der Waals surface area contributed by atoms with E-state index in [-0.39, 0.29) is 11.8 Å². The maximum absolute atomic E-state index is 11.8. The van der Waals surface area contributed by atoms with Crippen LogP contribution in [-0.2, 0) is 11.3 Å². The lowest BCUT2D eigenvalue weighted by molar-refractivity contribution is -0.123. The highest BCUT2D eigenvalue weighted by atomic mass is 16.2. The van der Waals surface area contributed by atoms with Crippen LogP contribution >= 0.6 is 0 Å². The van der Waals surface area contributed by atoms with Crippen molar-refractivity contribution in [2.45, 2.75) is 33.4 Å². The Hall–Kier alpha value is -1.88. The van der Waals surface area contributed by atoms with Crippen LogP contribution in [0.2, 0.25) is 0 Å². The van der Waals surface area contributed by atoms with E-state index in [1.807, 2.05) is 45.0 Å². The van der Waals surface area contributed by atoms with Gasteiger partial charge in [-0.1, -0.05) is 26.0 Å². The highest BCUT2D eigenvalue weighted by Crippen LogP contribution is 2.14. The number of benzene rings is 1. The number of para-hydroxylation sites is 2. The Morgan fingerprint density at radius 3 is 2.80 bits per heavy atom. The number of aryl methyl sites for hydroxylation is 1. The molecule has 2 rings (SSSR count). The number of hydrogen-bond donors (Lipinski definition) is 2. The number of imidazole rings is 1. The monoisotopic (exact) mass is 274 g/mol. The molecule has 1 aromatic carbocycles. The topological polar surface area (TPSA) is 72.9 Å². The number of aromatic nitrogens is 2. The van der Waals surface area contributed by atoms with E-state index in [1.165, 1.54) is 0 Å². The van der Waals surface area contributed by atoms with Crippen molar-refractivity contribution in [3.63, 3.8) is 0 Å². The molecule has 0 aliphatic heterocycles. The van der Waals surface area contributed by atoms with Crippen molar-refractivity contribution < 1.29 is 4.79 Å². The Kier molecular flexibility index (Phi) is 4.39. The van der Waals surface area contributed by atoms with Crippen molar-refractivity contribution in [3.8, 4) is 0 Å². The first-order valence-electron chi connectivity index (χ1n) is 6.96. The molecule has 1 atom stereocenters. The molecule has 0 saturated heterocycles. The van der Waals surface area contributed by atoms with E-state index in [0.717, 1.165) is 16.9 Å². The zero-order chi connectivity index (χ0) is 14.7. The van der Waals surface area contributed by atoms with Crippen LogP contribution in [0.15, 0.2) is 24.3 Å². The average Bonchev–Trinajstić information content (AvgIpc) is 2.74. The van der Waals surface area contributed by atoms with Crippen LogP contribution in [0, 0.1) is 12.8 Å². The van der Waals surface area contributed by atoms with Crippen molar-refractivity contribution in [1.82, 2.24) is 14.9 Å². The zero-order valence-corrected chi connectivity index (χ0v) is 12.3. The zero-order valence-electron chi connectivity index (χ0n) is 12.3. The molecular weight excluding hydrogens is 252 g/mol. The van der Waals surface area contributed by atoms with Gasteiger partial charge in [0.05, 0.1) is 17.1 Å². The normalized spacial score (nSPS) is 12.8. The molecule has 0 bridgehead atoms. The summed E-state index contributed by atoms with van der Waals surface area (Å²) >= 11 is 0. The predicted octanol–water partition coefficient (Wildman–Crippen LogP) is 1.44. The van der Waals surface area contributed by atoms with Crippen molar-refractivity contribution in [2.75, 3.05) is 6.54 Å². The molecule has 0 spiro atoms. The summed E-state index contributed by atoms with van der Waals surface area (Å²) in [6.07, 6.45) is 0. The van der Waals surface area contributed by atoms with Crippen molar-refractivity contribution in [2.24, 2.45) is 11.7 Å². The lowest BCUT2D eigenvalue weighted by Gasteiger charge is -2.15. The van der Waals surface area contributed by atoms with Crippen molar-refractivity contribution >= 4 is 16.9 Å². The first-order chi connectivity index (χ1) is 9.50. The summed E-state index contributed by atoms with van der Waals surface area (Å²) in [7, 11) is 0. The Balaban J connectivity index is 2.00. The summed E-state index contributed by atoms with van der Waals surface area (Å²) in [5.41, 5.74) is 7.88. The average molecular weight is 274 g/mol. The Morgan fingerprint density at radius 1 is 1.40 bits per heavy atom. The van der Waals surface area contributed by atoms with E-state index in [2.05, 4.69) is 14.9 Å². The molecule has 3 N–H and O–H groups in total. The van der Waals surface area contributed by atoms with Gasteiger partial charge >= 0.3 is 0 Å². The van der Waals surface area contributed by atoms with Gasteiger partial charge in [0.25, 0.3) is 0 Å². The summed E-state index contributed by atoms with van der Waals surface area (Å²) in [6.45, 7) is 7.11. The highest BCUT2D eigenvalue weighted by molar-refractivity contribution is 5.81. The summed E-state index contributed by atoms with van der Waals surface area (Å²) in [4.78, 5) is 16.3. The van der Waals surface area contributed by atoms with E-state index < -0.39 is 6.04 Å². The third-order valence-electron chi connectivity index (χ3n) is 3.50. The van der Waals surface area contributed by atoms with Gasteiger partial charge in [-0.25, -0.2) is 4.98 Å². The largest absolute Gasteiger partial charge is 0.353 e. The summed E-state index contributed by atoms with van der Waals surface area (Å²) in [6, 6.07) is 7.55. The number of nitrogens with two attached hydrogens (primary N) is 1. The number of nitrogens with one attached hydrogen (secondary N) is 1. The fourth-order valence-corrected chi connectivity index (χ4v) is 2.19. The van der Waals surface area contributed by atoms with Crippen molar-refractivity contribution in [3.05, 3.63) is 30.1 Å². The second-order valence-electron chi connectivity index (χ2n) is 5.36. The van der Waals surface area contributed by atoms with Crippen LogP contribution in [0.5, 0.6) is 0 Å². The molecular formula is C15H22N4O. The number of fused-ring (bicyclic) bond motifs is 1. The van der Waals surface area contributed by atoms with Gasteiger partial charge in [0.1, 0.15) is 5.82 Å². The van der Waals surface area contributed by atoms with Gasteiger partial charge in [0.2, 0.25) is 5.91 Å². The molecule has 5 nitrogen and oxygen atoms in total. The van der Waals surface area contributed by atoms with Crippen LogP contribution in [0.1, 0.15) is 19.7 Å². The lowest BCUT2D eigenvalue weighted by Crippen LogP contribution is -2.44. The summed E-state index contributed by atoms with van der Waals surface area (Å²) in [5.74, 6) is 1.00. The van der Waals surface area contributed by atoms with E-state index >= 15 is 0 Å². The van der Waals surface area contributed by atoms with Gasteiger partial charge in [-0.3, -0.25) is 4.79 Å². The molecule has 0 fully saturated rings. The quantitative estimate of drug-likeness (QED) is 0.866. The standard InChI is InChI=1S/C15H22N4O/c1-10(2)14(16)15(20)17-8-9-19-11(3)18-12-6-4-5-7-13(12)19/h4-7,10,14H,8-9,16H2,1-3H3,(H,17,20)/t14-/m1/s1. The minimum Gasteiger partial charge on any atom is -0.353 e. The van der Waals surface area contributed by atoms with Crippen LogP contribution in [0.4, 0.5) is 0 Å². The molecule has 0 aliphatic carbocycles. The summed E-state index contributed by atoms with van der Waals surface area (Å²) < 4.78 is 2.11. The molecule has 0 aliphatic rings. The molecule has 5 heteroatoms. The molecule has 20 heavy (non-hydrogen) atoms. The Bertz CT molecular complexity index is 603. The predicted molar refractivity (Wildman–Crippen MR) is 80.3 cm³/mol. The molecule has 0 unspecified atom stereocenters. The molecule has 1 amide bonds. The maximum atomic E-state index is 11.8. The number of carbonyl (C=O) groups excluding carboxylic acids is 1. The van der Waals surface area contributed by atoms with Gasteiger partial charge in [-0.2, -0.15) is 0 Å². The van der Waals surface area contributed by atoms with Gasteiger partial charge in [0.15, 0.2) is 0 Å². The van der Waals surface area contributed by atoms with Crippen LogP contribution in [0.3, 0.4) is 0 Å². The van der Waals surface area contributed by atoms with Crippen LogP contribution < -0.4 is 11.1 Å². The van der Waals surface area contributed by atoms with E-state index in [0.29, 0.717) is 13.1 Å². The molecule has 108 valence electrons. The van der Waals surface area contributed by atoms with E-state index in [4.69, 9.17) is 5.73 Å². The van der Waals surface area contributed by atoms with Gasteiger partial charge in [-0.05, 0) is 25.0 Å². The first-order valence-corrected chi connectivity index (χ1v) is 6.96. The number of amides is 1. The van der Waals surface area contributed by atoms with Gasteiger partial charge < -0.3 is 15.6 Å². The molecule has 1 aromatic heterocycles. The lowest BCUT2D eigenvalue weighted by atomic mass is 10.1. The van der Waals surface area contributed by atoms with Gasteiger partial charge in [-0.15, -0.1) is 0 Å². The van der Waals surface area contributed by atoms with Crippen LogP contribution in [0.25, 0.3) is 11.0 Å². The summed E-state index contributed by atoms with van der Waals surface area (Å²) in [5, 5.41) is 2.88. The molecule has 2 aromatic rings. The number of carbonyl (C=O) groups is 1. The highest BCUT2D eigenvalue weighted by Gasteiger charge is 2.16. The number of hydrogen-bond acceptors (Lipinski definition) is 3. The van der Waals surface area contributed by atoms with Gasteiger partial charge in [0, 0.05) is 13.1 Å². The Morgan fingerprint density at radius 2 is 2.10 bits per heavy atom. The molecule has 1 heterocycles. The third kappa shape index (κ3) is 2.99. The smallest absolute Gasteiger partial charge is 0.237 e. The van der Waals surface area contributed by atoms with E-state index in [9.17, 15) is 4.79 Å². The number of nitrogens with zero attached hydrogens (tertiary/aromatic N) is 2. The number of rotatable bonds is 5. The van der Waals surface area contributed by atoms with E-state index in [1.54, 1.807) is 0 Å².